The molecule has 1 aromatic heterocycles. The van der Waals surface area contributed by atoms with Gasteiger partial charge in [-0.3, -0.25) is 9.89 Å². The van der Waals surface area contributed by atoms with Crippen LogP contribution in [0.3, 0.4) is 0 Å². The number of nitrogens with zero attached hydrogens (tertiary/aromatic N) is 3. The van der Waals surface area contributed by atoms with Crippen molar-refractivity contribution >= 4 is 11.6 Å². The molecule has 0 aliphatic heterocycles. The van der Waals surface area contributed by atoms with Gasteiger partial charge in [-0.25, -0.2) is 4.98 Å². The van der Waals surface area contributed by atoms with Crippen LogP contribution in [0.2, 0.25) is 0 Å². The van der Waals surface area contributed by atoms with Crippen LogP contribution in [0.25, 0.3) is 0 Å². The van der Waals surface area contributed by atoms with E-state index in [1.165, 1.54) is 6.33 Å². The average Bonchev–Trinajstić information content (AvgIpc) is 2.84. The summed E-state index contributed by atoms with van der Waals surface area (Å²) in [6, 6.07) is 7.37. The number of anilines is 1. The molecule has 6 heteroatoms. The number of nitrogens with two attached hydrogens (primary N) is 1. The van der Waals surface area contributed by atoms with E-state index in [0.717, 1.165) is 5.56 Å². The van der Waals surface area contributed by atoms with Crippen LogP contribution in [0, 0.1) is 0 Å². The third kappa shape index (κ3) is 2.85. The second-order valence-corrected chi connectivity index (χ2v) is 4.06. The van der Waals surface area contributed by atoms with Crippen LogP contribution < -0.4 is 5.73 Å². The molecule has 0 spiro atoms. The van der Waals surface area contributed by atoms with Crippen molar-refractivity contribution in [3.63, 3.8) is 0 Å². The Morgan fingerprint density at radius 1 is 1.44 bits per heavy atom. The molecular weight excluding hydrogens is 230 g/mol. The molecule has 0 atom stereocenters. The minimum Gasteiger partial charge on any atom is -0.398 e. The lowest BCUT2D eigenvalue weighted by Gasteiger charge is -2.16. The molecule has 0 bridgehead atoms. The third-order valence-electron chi connectivity index (χ3n) is 2.67. The Balaban J connectivity index is 1.98. The SMILES string of the molecule is CN(Cc1ncn[nH]1)C(=O)Cc1ccccc1N. The van der Waals surface area contributed by atoms with Gasteiger partial charge in [0.1, 0.15) is 12.2 Å². The van der Waals surface area contributed by atoms with E-state index in [4.69, 9.17) is 5.73 Å². The molecule has 94 valence electrons. The lowest BCUT2D eigenvalue weighted by molar-refractivity contribution is -0.129. The molecule has 18 heavy (non-hydrogen) atoms. The lowest BCUT2D eigenvalue weighted by atomic mass is 10.1. The summed E-state index contributed by atoms with van der Waals surface area (Å²) in [7, 11) is 1.73. The quantitative estimate of drug-likeness (QED) is 0.771. The van der Waals surface area contributed by atoms with Gasteiger partial charge in [0.2, 0.25) is 5.91 Å². The third-order valence-corrected chi connectivity index (χ3v) is 2.67. The first-order valence-corrected chi connectivity index (χ1v) is 5.58. The summed E-state index contributed by atoms with van der Waals surface area (Å²) < 4.78 is 0. The van der Waals surface area contributed by atoms with Gasteiger partial charge < -0.3 is 10.6 Å². The van der Waals surface area contributed by atoms with Gasteiger partial charge in [0.05, 0.1) is 13.0 Å². The summed E-state index contributed by atoms with van der Waals surface area (Å²) in [5, 5.41) is 6.46. The molecular formula is C12H15N5O. The molecule has 1 heterocycles. The highest BCUT2D eigenvalue weighted by atomic mass is 16.2. The maximum atomic E-state index is 12.0. The van der Waals surface area contributed by atoms with Crippen LogP contribution in [0.4, 0.5) is 5.69 Å². The molecule has 2 aromatic rings. The molecule has 0 radical (unpaired) electrons. The Kier molecular flexibility index (Phi) is 3.57. The number of carbonyl (C=O) groups is 1. The zero-order valence-corrected chi connectivity index (χ0v) is 10.1. The molecule has 3 N–H and O–H groups in total. The maximum Gasteiger partial charge on any atom is 0.227 e. The monoisotopic (exact) mass is 245 g/mol. The van der Waals surface area contributed by atoms with Gasteiger partial charge >= 0.3 is 0 Å². The van der Waals surface area contributed by atoms with Crippen molar-refractivity contribution in [3.8, 4) is 0 Å². The first-order chi connectivity index (χ1) is 8.66. The summed E-state index contributed by atoms with van der Waals surface area (Å²) in [4.78, 5) is 17.6. The van der Waals surface area contributed by atoms with Gasteiger partial charge in [-0.05, 0) is 11.6 Å². The fourth-order valence-corrected chi connectivity index (χ4v) is 1.61. The highest BCUT2D eigenvalue weighted by Gasteiger charge is 2.12. The molecule has 0 fully saturated rings. The number of nitrogens with one attached hydrogen (secondary N) is 1. The number of para-hydroxylation sites is 1. The standard InChI is InChI=1S/C12H15N5O/c1-17(7-11-14-8-15-16-11)12(18)6-9-4-2-3-5-10(9)13/h2-5,8H,6-7,13H2,1H3,(H,14,15,16). The van der Waals surface area contributed by atoms with E-state index in [-0.39, 0.29) is 12.3 Å². The normalized spacial score (nSPS) is 10.3. The Bertz CT molecular complexity index is 523. The molecule has 0 aliphatic carbocycles. The number of rotatable bonds is 4. The van der Waals surface area contributed by atoms with E-state index >= 15 is 0 Å². The van der Waals surface area contributed by atoms with Crippen molar-refractivity contribution in [2.45, 2.75) is 13.0 Å². The molecule has 0 saturated carbocycles. The molecule has 1 aromatic carbocycles. The van der Waals surface area contributed by atoms with E-state index in [2.05, 4.69) is 15.2 Å². The van der Waals surface area contributed by atoms with Gasteiger partial charge in [-0.2, -0.15) is 5.10 Å². The van der Waals surface area contributed by atoms with Crippen molar-refractivity contribution in [3.05, 3.63) is 42.0 Å². The predicted molar refractivity (Wildman–Crippen MR) is 67.4 cm³/mol. The number of aromatic nitrogens is 3. The van der Waals surface area contributed by atoms with Gasteiger partial charge in [0, 0.05) is 12.7 Å². The van der Waals surface area contributed by atoms with Gasteiger partial charge in [-0.15, -0.1) is 0 Å². The second kappa shape index (κ2) is 5.31. The Labute approximate surface area is 105 Å². The summed E-state index contributed by atoms with van der Waals surface area (Å²) in [6.07, 6.45) is 1.71. The Hall–Kier alpha value is -2.37. The van der Waals surface area contributed by atoms with Crippen LogP contribution in [0.5, 0.6) is 0 Å². The number of nitrogen functional groups attached to an aromatic ring is 1. The fourth-order valence-electron chi connectivity index (χ4n) is 1.61. The van der Waals surface area contributed by atoms with Crippen LogP contribution in [-0.2, 0) is 17.8 Å². The largest absolute Gasteiger partial charge is 0.398 e. The molecule has 1 amide bonds. The minimum absolute atomic E-state index is 0.00991. The van der Waals surface area contributed by atoms with Crippen molar-refractivity contribution in [1.29, 1.82) is 0 Å². The maximum absolute atomic E-state index is 12.0. The van der Waals surface area contributed by atoms with Gasteiger partial charge in [0.15, 0.2) is 0 Å². The second-order valence-electron chi connectivity index (χ2n) is 4.06. The predicted octanol–water partition coefficient (Wildman–Crippen LogP) is 0.588. The van der Waals surface area contributed by atoms with Crippen LogP contribution in [-0.4, -0.2) is 33.0 Å². The van der Waals surface area contributed by atoms with E-state index in [1.54, 1.807) is 18.0 Å². The van der Waals surface area contributed by atoms with E-state index in [1.807, 2.05) is 18.2 Å². The smallest absolute Gasteiger partial charge is 0.227 e. The molecule has 0 aliphatic rings. The molecule has 6 nitrogen and oxygen atoms in total. The number of H-pyrrole nitrogens is 1. The van der Waals surface area contributed by atoms with Gasteiger partial charge in [0.25, 0.3) is 0 Å². The number of amides is 1. The van der Waals surface area contributed by atoms with Crippen LogP contribution in [0.1, 0.15) is 11.4 Å². The number of carbonyl (C=O) groups excluding carboxylic acids is 1. The summed E-state index contributed by atoms with van der Waals surface area (Å²) in [5.74, 6) is 0.649. The summed E-state index contributed by atoms with van der Waals surface area (Å²) >= 11 is 0. The van der Waals surface area contributed by atoms with Gasteiger partial charge in [-0.1, -0.05) is 18.2 Å². The first kappa shape index (κ1) is 12.1. The molecule has 0 saturated heterocycles. The number of likely N-dealkylation sites (N-methyl/N-ethyl adjacent to an activating group) is 1. The topological polar surface area (TPSA) is 87.9 Å². The zero-order valence-electron chi connectivity index (χ0n) is 10.1. The van der Waals surface area contributed by atoms with E-state index < -0.39 is 0 Å². The summed E-state index contributed by atoms with van der Waals surface area (Å²) in [5.41, 5.74) is 7.28. The van der Waals surface area contributed by atoms with Crippen molar-refractivity contribution in [1.82, 2.24) is 20.1 Å². The van der Waals surface area contributed by atoms with Crippen molar-refractivity contribution in [2.75, 3.05) is 12.8 Å². The van der Waals surface area contributed by atoms with Crippen molar-refractivity contribution in [2.24, 2.45) is 0 Å². The summed E-state index contributed by atoms with van der Waals surface area (Å²) in [6.45, 7) is 0.408. The average molecular weight is 245 g/mol. The van der Waals surface area contributed by atoms with E-state index in [0.29, 0.717) is 18.1 Å². The molecule has 0 unspecified atom stereocenters. The van der Waals surface area contributed by atoms with Crippen molar-refractivity contribution < 1.29 is 4.79 Å². The number of benzene rings is 1. The van der Waals surface area contributed by atoms with Crippen LogP contribution in [0.15, 0.2) is 30.6 Å². The highest BCUT2D eigenvalue weighted by Crippen LogP contribution is 2.12. The Morgan fingerprint density at radius 3 is 2.89 bits per heavy atom. The number of hydrogen-bond acceptors (Lipinski definition) is 4. The number of hydrogen-bond donors (Lipinski definition) is 2. The van der Waals surface area contributed by atoms with E-state index in [9.17, 15) is 4.79 Å². The zero-order chi connectivity index (χ0) is 13.0. The molecule has 2 rings (SSSR count). The number of aromatic amines is 1. The minimum atomic E-state index is -0.00991. The Morgan fingerprint density at radius 2 is 2.22 bits per heavy atom. The fraction of sp³-hybridized carbons (Fsp3) is 0.250. The van der Waals surface area contributed by atoms with Crippen LogP contribution >= 0.6 is 0 Å². The lowest BCUT2D eigenvalue weighted by Crippen LogP contribution is -2.28. The highest BCUT2D eigenvalue weighted by molar-refractivity contribution is 5.80. The first-order valence-electron chi connectivity index (χ1n) is 5.58.